The highest BCUT2D eigenvalue weighted by atomic mass is 16.3. The molecule has 1 aliphatic rings. The van der Waals surface area contributed by atoms with Gasteiger partial charge in [0.05, 0.1) is 0 Å². The number of piperidine rings is 1. The van der Waals surface area contributed by atoms with Gasteiger partial charge < -0.3 is 10.8 Å². The normalized spacial score (nSPS) is 27.1. The molecular weight excluding hydrogens is 224 g/mol. The lowest BCUT2D eigenvalue weighted by Crippen LogP contribution is -2.47. The van der Waals surface area contributed by atoms with Gasteiger partial charge in [0.25, 0.3) is 0 Å². The van der Waals surface area contributed by atoms with Crippen molar-refractivity contribution in [2.45, 2.75) is 38.8 Å². The fourth-order valence-electron chi connectivity index (χ4n) is 2.90. The van der Waals surface area contributed by atoms with Gasteiger partial charge in [-0.25, -0.2) is 0 Å². The Morgan fingerprint density at radius 3 is 2.83 bits per heavy atom. The predicted molar refractivity (Wildman–Crippen MR) is 74.5 cm³/mol. The number of hydrogen-bond donors (Lipinski definition) is 2. The van der Waals surface area contributed by atoms with E-state index in [2.05, 4.69) is 18.7 Å². The molecule has 1 aromatic carbocycles. The van der Waals surface area contributed by atoms with E-state index in [0.717, 1.165) is 31.5 Å². The van der Waals surface area contributed by atoms with Crippen LogP contribution in [0.4, 0.5) is 0 Å². The molecule has 2 rings (SSSR count). The van der Waals surface area contributed by atoms with Crippen LogP contribution in [0.15, 0.2) is 24.3 Å². The van der Waals surface area contributed by atoms with Gasteiger partial charge in [-0.2, -0.15) is 0 Å². The third-order valence-corrected chi connectivity index (χ3v) is 4.28. The molecule has 3 atom stereocenters. The van der Waals surface area contributed by atoms with E-state index in [9.17, 15) is 5.11 Å². The van der Waals surface area contributed by atoms with Crippen LogP contribution in [0.5, 0.6) is 5.75 Å². The molecule has 3 heteroatoms. The summed E-state index contributed by atoms with van der Waals surface area (Å²) in [5.41, 5.74) is 7.16. The summed E-state index contributed by atoms with van der Waals surface area (Å²) < 4.78 is 0. The molecule has 1 fully saturated rings. The molecule has 0 spiro atoms. The first-order chi connectivity index (χ1) is 8.63. The van der Waals surface area contributed by atoms with Crippen LogP contribution < -0.4 is 5.73 Å². The minimum Gasteiger partial charge on any atom is -0.508 e. The van der Waals surface area contributed by atoms with Crippen molar-refractivity contribution >= 4 is 0 Å². The maximum absolute atomic E-state index is 9.94. The van der Waals surface area contributed by atoms with Crippen LogP contribution in [0.25, 0.3) is 0 Å². The number of likely N-dealkylation sites (tertiary alicyclic amines) is 1. The maximum Gasteiger partial charge on any atom is 0.120 e. The van der Waals surface area contributed by atoms with Crippen LogP contribution in [0.1, 0.15) is 38.3 Å². The van der Waals surface area contributed by atoms with Crippen molar-refractivity contribution in [2.75, 3.05) is 13.1 Å². The lowest BCUT2D eigenvalue weighted by Gasteiger charge is -2.40. The van der Waals surface area contributed by atoms with Crippen molar-refractivity contribution in [3.63, 3.8) is 0 Å². The SMILES string of the molecule is CCC1CN(C(C)c2ccccc2O)CCC1N. The second-order valence-electron chi connectivity index (χ2n) is 5.35. The third kappa shape index (κ3) is 2.68. The number of nitrogens with zero attached hydrogens (tertiary/aromatic N) is 1. The molecule has 0 amide bonds. The van der Waals surface area contributed by atoms with Crippen LogP contribution in [-0.4, -0.2) is 29.1 Å². The van der Waals surface area contributed by atoms with Gasteiger partial charge in [-0.1, -0.05) is 31.5 Å². The number of para-hydroxylation sites is 1. The molecule has 0 bridgehead atoms. The van der Waals surface area contributed by atoms with Crippen LogP contribution in [0, 0.1) is 5.92 Å². The largest absolute Gasteiger partial charge is 0.508 e. The molecule has 1 saturated heterocycles. The van der Waals surface area contributed by atoms with E-state index in [-0.39, 0.29) is 6.04 Å². The highest BCUT2D eigenvalue weighted by molar-refractivity contribution is 5.34. The molecule has 1 heterocycles. The molecular formula is C15H24N2O. The number of rotatable bonds is 3. The number of phenols is 1. The van der Waals surface area contributed by atoms with Crippen molar-refractivity contribution in [3.05, 3.63) is 29.8 Å². The minimum absolute atomic E-state index is 0.257. The predicted octanol–water partition coefficient (Wildman–Crippen LogP) is 2.51. The summed E-state index contributed by atoms with van der Waals surface area (Å²) in [4.78, 5) is 2.44. The lowest BCUT2D eigenvalue weighted by atomic mass is 9.89. The molecule has 0 aliphatic carbocycles. The van der Waals surface area contributed by atoms with Crippen molar-refractivity contribution in [2.24, 2.45) is 11.7 Å². The minimum atomic E-state index is 0.257. The van der Waals surface area contributed by atoms with E-state index in [1.807, 2.05) is 18.2 Å². The summed E-state index contributed by atoms with van der Waals surface area (Å²) in [5, 5.41) is 9.94. The Labute approximate surface area is 110 Å². The Kier molecular flexibility index (Phi) is 4.25. The number of phenolic OH excluding ortho intramolecular Hbond substituents is 1. The lowest BCUT2D eigenvalue weighted by molar-refractivity contribution is 0.113. The standard InChI is InChI=1S/C15H24N2O/c1-3-12-10-17(9-8-14(12)16)11(2)13-6-4-5-7-15(13)18/h4-7,11-12,14,18H,3,8-10,16H2,1-2H3. The van der Waals surface area contributed by atoms with Crippen molar-refractivity contribution in [1.29, 1.82) is 0 Å². The molecule has 0 saturated carbocycles. The zero-order valence-corrected chi connectivity index (χ0v) is 11.3. The Morgan fingerprint density at radius 1 is 1.44 bits per heavy atom. The molecule has 1 aromatic rings. The van der Waals surface area contributed by atoms with Crippen LogP contribution in [-0.2, 0) is 0 Å². The van der Waals surface area contributed by atoms with E-state index in [0.29, 0.717) is 17.7 Å². The monoisotopic (exact) mass is 248 g/mol. The Morgan fingerprint density at radius 2 is 2.17 bits per heavy atom. The Balaban J connectivity index is 2.10. The summed E-state index contributed by atoms with van der Waals surface area (Å²) in [6.45, 7) is 6.43. The molecule has 0 aromatic heterocycles. The number of nitrogens with two attached hydrogens (primary N) is 1. The zero-order chi connectivity index (χ0) is 13.1. The van der Waals surface area contributed by atoms with Crippen molar-refractivity contribution in [1.82, 2.24) is 4.90 Å². The smallest absolute Gasteiger partial charge is 0.120 e. The maximum atomic E-state index is 9.94. The summed E-state index contributed by atoms with van der Waals surface area (Å²) in [5.74, 6) is 0.972. The molecule has 3 N–H and O–H groups in total. The first-order valence-electron chi connectivity index (χ1n) is 6.91. The highest BCUT2D eigenvalue weighted by Crippen LogP contribution is 2.31. The summed E-state index contributed by atoms with van der Waals surface area (Å²) >= 11 is 0. The second kappa shape index (κ2) is 5.72. The highest BCUT2D eigenvalue weighted by Gasteiger charge is 2.29. The fraction of sp³-hybridized carbons (Fsp3) is 0.600. The molecule has 3 nitrogen and oxygen atoms in total. The number of aromatic hydroxyl groups is 1. The summed E-state index contributed by atoms with van der Waals surface area (Å²) in [7, 11) is 0. The quantitative estimate of drug-likeness (QED) is 0.864. The van der Waals surface area contributed by atoms with Gasteiger partial charge in [0.1, 0.15) is 5.75 Å². The Bertz CT molecular complexity index is 394. The van der Waals surface area contributed by atoms with Crippen molar-refractivity contribution in [3.8, 4) is 5.75 Å². The molecule has 100 valence electrons. The molecule has 18 heavy (non-hydrogen) atoms. The van der Waals surface area contributed by atoms with Gasteiger partial charge >= 0.3 is 0 Å². The second-order valence-corrected chi connectivity index (χ2v) is 5.35. The average molecular weight is 248 g/mol. The summed E-state index contributed by atoms with van der Waals surface area (Å²) in [6, 6.07) is 8.22. The van der Waals surface area contributed by atoms with Gasteiger partial charge in [0, 0.05) is 30.7 Å². The van der Waals surface area contributed by atoms with Crippen LogP contribution in [0.3, 0.4) is 0 Å². The summed E-state index contributed by atoms with van der Waals surface area (Å²) in [6.07, 6.45) is 2.18. The van der Waals surface area contributed by atoms with Gasteiger partial charge in [-0.15, -0.1) is 0 Å². The van der Waals surface area contributed by atoms with E-state index < -0.39 is 0 Å². The van der Waals surface area contributed by atoms with Gasteiger partial charge in [0.15, 0.2) is 0 Å². The van der Waals surface area contributed by atoms with Crippen LogP contribution in [0.2, 0.25) is 0 Å². The number of benzene rings is 1. The topological polar surface area (TPSA) is 49.5 Å². The van der Waals surface area contributed by atoms with E-state index in [1.54, 1.807) is 6.07 Å². The van der Waals surface area contributed by atoms with E-state index >= 15 is 0 Å². The third-order valence-electron chi connectivity index (χ3n) is 4.28. The van der Waals surface area contributed by atoms with Gasteiger partial charge in [-0.3, -0.25) is 4.90 Å². The Hall–Kier alpha value is -1.06. The molecule has 1 aliphatic heterocycles. The van der Waals surface area contributed by atoms with E-state index in [1.165, 1.54) is 0 Å². The molecule has 0 radical (unpaired) electrons. The first-order valence-corrected chi connectivity index (χ1v) is 6.91. The molecule has 3 unspecified atom stereocenters. The van der Waals surface area contributed by atoms with Gasteiger partial charge in [0.2, 0.25) is 0 Å². The zero-order valence-electron chi connectivity index (χ0n) is 11.3. The van der Waals surface area contributed by atoms with Gasteiger partial charge in [-0.05, 0) is 25.3 Å². The van der Waals surface area contributed by atoms with Crippen LogP contribution >= 0.6 is 0 Å². The average Bonchev–Trinajstić information content (AvgIpc) is 2.39. The number of hydrogen-bond acceptors (Lipinski definition) is 3. The van der Waals surface area contributed by atoms with Crippen molar-refractivity contribution < 1.29 is 5.11 Å². The fourth-order valence-corrected chi connectivity index (χ4v) is 2.90. The van der Waals surface area contributed by atoms with E-state index in [4.69, 9.17) is 5.73 Å². The first kappa shape index (κ1) is 13.4.